The number of hydrogen-bond donors (Lipinski definition) is 1. The van der Waals surface area contributed by atoms with Crippen LogP contribution in [-0.4, -0.2) is 31.6 Å². The van der Waals surface area contributed by atoms with Crippen LogP contribution >= 0.6 is 11.8 Å². The molecule has 0 aliphatic rings. The lowest BCUT2D eigenvalue weighted by atomic mass is 10.1. The van der Waals surface area contributed by atoms with Crippen molar-refractivity contribution >= 4 is 23.6 Å². The Labute approximate surface area is 178 Å². The third-order valence-corrected chi connectivity index (χ3v) is 5.53. The monoisotopic (exact) mass is 419 g/mol. The van der Waals surface area contributed by atoms with Crippen molar-refractivity contribution in [2.24, 2.45) is 0 Å². The molecule has 1 N–H and O–H groups in total. The maximum absolute atomic E-state index is 12.4. The van der Waals surface area contributed by atoms with Gasteiger partial charge in [-0.15, -0.1) is 10.2 Å². The highest BCUT2D eigenvalue weighted by atomic mass is 32.2. The van der Waals surface area contributed by atoms with Crippen molar-refractivity contribution < 1.29 is 9.32 Å². The molecule has 0 unspecified atom stereocenters. The topological polar surface area (TPSA) is 85.8 Å². The highest BCUT2D eigenvalue weighted by Crippen LogP contribution is 2.25. The summed E-state index contributed by atoms with van der Waals surface area (Å²) in [5.74, 6) is 1.05. The van der Waals surface area contributed by atoms with Gasteiger partial charge in [0.05, 0.1) is 11.4 Å². The van der Waals surface area contributed by atoms with E-state index in [1.54, 1.807) is 6.07 Å². The molecular formula is C22H21N5O2S. The number of benzene rings is 2. The molecule has 0 saturated carbocycles. The zero-order valence-corrected chi connectivity index (χ0v) is 17.7. The second kappa shape index (κ2) is 8.54. The molecule has 0 aliphatic carbocycles. The molecule has 7 nitrogen and oxygen atoms in total. The molecule has 0 fully saturated rings. The van der Waals surface area contributed by atoms with Gasteiger partial charge in [-0.25, -0.2) is 0 Å². The molecule has 0 aliphatic heterocycles. The second-order valence-electron chi connectivity index (χ2n) is 6.93. The molecule has 2 aromatic heterocycles. The number of para-hydroxylation sites is 1. The molecule has 0 bridgehead atoms. The van der Waals surface area contributed by atoms with Gasteiger partial charge in [0.2, 0.25) is 11.8 Å². The van der Waals surface area contributed by atoms with E-state index in [4.69, 9.17) is 4.52 Å². The van der Waals surface area contributed by atoms with E-state index in [-0.39, 0.29) is 11.7 Å². The van der Waals surface area contributed by atoms with E-state index in [0.29, 0.717) is 16.7 Å². The van der Waals surface area contributed by atoms with E-state index in [9.17, 15) is 4.79 Å². The fourth-order valence-electron chi connectivity index (χ4n) is 3.03. The van der Waals surface area contributed by atoms with E-state index >= 15 is 0 Å². The minimum Gasteiger partial charge on any atom is -0.338 e. The third-order valence-electron chi connectivity index (χ3n) is 4.60. The van der Waals surface area contributed by atoms with Crippen LogP contribution in [0.25, 0.3) is 16.9 Å². The van der Waals surface area contributed by atoms with Crippen LogP contribution in [0.2, 0.25) is 0 Å². The number of hydrogen-bond acceptors (Lipinski definition) is 6. The van der Waals surface area contributed by atoms with Crippen molar-refractivity contribution in [3.8, 4) is 16.9 Å². The number of carbonyl (C=O) groups is 1. The molecule has 152 valence electrons. The van der Waals surface area contributed by atoms with Crippen LogP contribution in [0.5, 0.6) is 0 Å². The number of aryl methyl sites for hydroxylation is 3. The molecule has 4 rings (SSSR count). The smallest absolute Gasteiger partial charge is 0.237 e. The van der Waals surface area contributed by atoms with Crippen LogP contribution in [0.1, 0.15) is 17.0 Å². The van der Waals surface area contributed by atoms with Gasteiger partial charge in [-0.1, -0.05) is 64.9 Å². The van der Waals surface area contributed by atoms with Gasteiger partial charge in [-0.05, 0) is 32.4 Å². The van der Waals surface area contributed by atoms with Gasteiger partial charge in [0.25, 0.3) is 0 Å². The van der Waals surface area contributed by atoms with Gasteiger partial charge in [-0.2, -0.15) is 0 Å². The average Bonchev–Trinajstić information content (AvgIpc) is 3.34. The molecular weight excluding hydrogens is 398 g/mol. The molecule has 0 saturated heterocycles. The first kappa shape index (κ1) is 19.9. The number of aromatic nitrogens is 4. The Hall–Kier alpha value is -3.39. The number of thioether (sulfide) groups is 1. The predicted molar refractivity (Wildman–Crippen MR) is 117 cm³/mol. The molecule has 8 heteroatoms. The normalized spacial score (nSPS) is 10.9. The summed E-state index contributed by atoms with van der Waals surface area (Å²) in [7, 11) is 0. The van der Waals surface area contributed by atoms with Gasteiger partial charge in [-0.3, -0.25) is 14.7 Å². The summed E-state index contributed by atoms with van der Waals surface area (Å²) in [5.41, 5.74) is 4.88. The summed E-state index contributed by atoms with van der Waals surface area (Å²) >= 11 is 1.32. The zero-order chi connectivity index (χ0) is 21.1. The molecule has 0 radical (unpaired) electrons. The Morgan fingerprint density at radius 2 is 1.83 bits per heavy atom. The SMILES string of the molecule is Cc1ccc(-c2cc(NC(=O)CSc3nnc(C)n3-c3ccccc3C)on2)cc1. The molecule has 2 aromatic carbocycles. The quantitative estimate of drug-likeness (QED) is 0.461. The van der Waals surface area contributed by atoms with Crippen LogP contribution in [0.3, 0.4) is 0 Å². The summed E-state index contributed by atoms with van der Waals surface area (Å²) in [6, 6.07) is 17.7. The first-order valence-corrected chi connectivity index (χ1v) is 10.4. The number of carbonyl (C=O) groups excluding carboxylic acids is 1. The van der Waals surface area contributed by atoms with Gasteiger partial charge in [0.1, 0.15) is 11.5 Å². The first-order valence-electron chi connectivity index (χ1n) is 9.45. The summed E-state index contributed by atoms with van der Waals surface area (Å²) < 4.78 is 7.22. The van der Waals surface area contributed by atoms with Crippen molar-refractivity contribution in [1.29, 1.82) is 0 Å². The number of anilines is 1. The Kier molecular flexibility index (Phi) is 5.67. The van der Waals surface area contributed by atoms with Gasteiger partial charge in [0, 0.05) is 11.6 Å². The van der Waals surface area contributed by atoms with Crippen molar-refractivity contribution in [2.45, 2.75) is 25.9 Å². The maximum Gasteiger partial charge on any atom is 0.237 e. The molecule has 30 heavy (non-hydrogen) atoms. The summed E-state index contributed by atoms with van der Waals surface area (Å²) in [4.78, 5) is 12.4. The Balaban J connectivity index is 1.42. The lowest BCUT2D eigenvalue weighted by molar-refractivity contribution is -0.113. The Morgan fingerprint density at radius 3 is 2.60 bits per heavy atom. The van der Waals surface area contributed by atoms with Crippen molar-refractivity contribution in [1.82, 2.24) is 19.9 Å². The van der Waals surface area contributed by atoms with Gasteiger partial charge >= 0.3 is 0 Å². The molecule has 4 aromatic rings. The summed E-state index contributed by atoms with van der Waals surface area (Å²) in [5, 5.41) is 15.8. The summed E-state index contributed by atoms with van der Waals surface area (Å²) in [6.45, 7) is 5.95. The van der Waals surface area contributed by atoms with Crippen LogP contribution in [-0.2, 0) is 4.79 Å². The zero-order valence-electron chi connectivity index (χ0n) is 16.9. The molecule has 0 spiro atoms. The van der Waals surface area contributed by atoms with E-state index in [2.05, 4.69) is 20.7 Å². The number of amides is 1. The third kappa shape index (κ3) is 4.28. The van der Waals surface area contributed by atoms with E-state index in [1.165, 1.54) is 17.3 Å². The lowest BCUT2D eigenvalue weighted by Gasteiger charge is -2.10. The molecule has 2 heterocycles. The minimum atomic E-state index is -0.205. The van der Waals surface area contributed by atoms with Gasteiger partial charge in [0.15, 0.2) is 5.16 Å². The van der Waals surface area contributed by atoms with Crippen LogP contribution in [0.4, 0.5) is 5.88 Å². The average molecular weight is 420 g/mol. The summed E-state index contributed by atoms with van der Waals surface area (Å²) in [6.07, 6.45) is 0. The maximum atomic E-state index is 12.4. The van der Waals surface area contributed by atoms with Crippen molar-refractivity contribution in [3.63, 3.8) is 0 Å². The Bertz CT molecular complexity index is 1180. The van der Waals surface area contributed by atoms with E-state index in [0.717, 1.165) is 22.6 Å². The van der Waals surface area contributed by atoms with E-state index in [1.807, 2.05) is 73.9 Å². The van der Waals surface area contributed by atoms with E-state index < -0.39 is 0 Å². The number of nitrogens with one attached hydrogen (secondary N) is 1. The van der Waals surface area contributed by atoms with Gasteiger partial charge < -0.3 is 4.52 Å². The van der Waals surface area contributed by atoms with Crippen molar-refractivity contribution in [2.75, 3.05) is 11.1 Å². The number of rotatable bonds is 6. The molecule has 0 atom stereocenters. The molecule has 1 amide bonds. The van der Waals surface area contributed by atoms with Crippen molar-refractivity contribution in [3.05, 3.63) is 71.5 Å². The lowest BCUT2D eigenvalue weighted by Crippen LogP contribution is -2.14. The standard InChI is InChI=1S/C22H21N5O2S/c1-14-8-10-17(11-9-14)18-12-21(29-26-18)23-20(28)13-30-22-25-24-16(3)27(22)19-7-5-4-6-15(19)2/h4-12H,13H2,1-3H3,(H,23,28). The minimum absolute atomic E-state index is 0.171. The first-order chi connectivity index (χ1) is 14.5. The number of nitrogens with zero attached hydrogens (tertiary/aromatic N) is 4. The van der Waals surface area contributed by atoms with Crippen LogP contribution in [0, 0.1) is 20.8 Å². The fraction of sp³-hybridized carbons (Fsp3) is 0.182. The highest BCUT2D eigenvalue weighted by molar-refractivity contribution is 7.99. The highest BCUT2D eigenvalue weighted by Gasteiger charge is 2.16. The second-order valence-corrected chi connectivity index (χ2v) is 7.87. The van der Waals surface area contributed by atoms with Crippen LogP contribution < -0.4 is 5.32 Å². The van der Waals surface area contributed by atoms with Crippen LogP contribution in [0.15, 0.2) is 64.3 Å². The fourth-order valence-corrected chi connectivity index (χ4v) is 3.82. The predicted octanol–water partition coefficient (Wildman–Crippen LogP) is 4.58. The Morgan fingerprint density at radius 1 is 1.07 bits per heavy atom. The largest absolute Gasteiger partial charge is 0.338 e.